The molecule has 0 radical (unpaired) electrons. The van der Waals surface area contributed by atoms with Crippen LogP contribution in [0.25, 0.3) is 0 Å². The highest BCUT2D eigenvalue weighted by molar-refractivity contribution is 9.10. The molecular weight excluding hydrogens is 306 g/mol. The number of anilines is 1. The molecule has 5 heteroatoms. The number of amides is 1. The van der Waals surface area contributed by atoms with Gasteiger partial charge in [-0.25, -0.2) is 0 Å². The Kier molecular flexibility index (Phi) is 5.36. The number of carbonyl (C=O) groups is 1. The van der Waals surface area contributed by atoms with E-state index in [4.69, 9.17) is 0 Å². The molecule has 2 N–H and O–H groups in total. The summed E-state index contributed by atoms with van der Waals surface area (Å²) in [6.07, 6.45) is 0.542. The average Bonchev–Trinajstić information content (AvgIpc) is 2.40. The predicted octanol–water partition coefficient (Wildman–Crippen LogP) is 2.07. The molecule has 19 heavy (non-hydrogen) atoms. The Balaban J connectivity index is 1.76. The smallest absolute Gasteiger partial charge is 0.225 e. The normalized spacial score (nSPS) is 20.2. The van der Waals surface area contributed by atoms with Gasteiger partial charge in [0.2, 0.25) is 5.91 Å². The van der Waals surface area contributed by atoms with E-state index in [2.05, 4.69) is 38.4 Å². The number of rotatable bonds is 4. The topological polar surface area (TPSA) is 44.4 Å². The van der Waals surface area contributed by atoms with Gasteiger partial charge in [0.05, 0.1) is 0 Å². The molecule has 1 saturated heterocycles. The number of hydrogen-bond acceptors (Lipinski definition) is 3. The van der Waals surface area contributed by atoms with Gasteiger partial charge in [0.25, 0.3) is 0 Å². The van der Waals surface area contributed by atoms with Crippen molar-refractivity contribution in [3.63, 3.8) is 0 Å². The lowest BCUT2D eigenvalue weighted by Crippen LogP contribution is -2.50. The van der Waals surface area contributed by atoms with Gasteiger partial charge in [-0.15, -0.1) is 0 Å². The Morgan fingerprint density at radius 2 is 2.21 bits per heavy atom. The average molecular weight is 326 g/mol. The summed E-state index contributed by atoms with van der Waals surface area (Å²) in [5.41, 5.74) is 0.849. The zero-order chi connectivity index (χ0) is 13.7. The van der Waals surface area contributed by atoms with Crippen LogP contribution in [-0.4, -0.2) is 43.0 Å². The van der Waals surface area contributed by atoms with Crippen molar-refractivity contribution < 1.29 is 4.79 Å². The van der Waals surface area contributed by atoms with Gasteiger partial charge in [-0.2, -0.15) is 0 Å². The van der Waals surface area contributed by atoms with E-state index in [0.717, 1.165) is 36.3 Å². The second kappa shape index (κ2) is 7.03. The molecule has 2 rings (SSSR count). The maximum Gasteiger partial charge on any atom is 0.225 e. The van der Waals surface area contributed by atoms with Crippen molar-refractivity contribution in [2.24, 2.45) is 0 Å². The van der Waals surface area contributed by atoms with Crippen LogP contribution in [0.4, 0.5) is 5.69 Å². The Bertz CT molecular complexity index is 421. The quantitative estimate of drug-likeness (QED) is 0.890. The summed E-state index contributed by atoms with van der Waals surface area (Å²) < 4.78 is 1.01. The van der Waals surface area contributed by atoms with Gasteiger partial charge < -0.3 is 10.6 Å². The van der Waals surface area contributed by atoms with Crippen molar-refractivity contribution in [1.82, 2.24) is 10.2 Å². The molecule has 1 aromatic rings. The molecule has 1 aliphatic rings. The van der Waals surface area contributed by atoms with Gasteiger partial charge in [-0.3, -0.25) is 9.69 Å². The van der Waals surface area contributed by atoms with Crippen LogP contribution in [0.2, 0.25) is 0 Å². The van der Waals surface area contributed by atoms with Gasteiger partial charge in [-0.1, -0.05) is 15.9 Å². The van der Waals surface area contributed by atoms with Crippen LogP contribution in [-0.2, 0) is 4.79 Å². The molecule has 1 aliphatic heterocycles. The third-order valence-corrected chi connectivity index (χ3v) is 3.92. The van der Waals surface area contributed by atoms with Crippen LogP contribution in [0.15, 0.2) is 28.7 Å². The Morgan fingerprint density at radius 1 is 1.47 bits per heavy atom. The van der Waals surface area contributed by atoms with Crippen molar-refractivity contribution in [1.29, 1.82) is 0 Å². The van der Waals surface area contributed by atoms with E-state index < -0.39 is 0 Å². The summed E-state index contributed by atoms with van der Waals surface area (Å²) in [4.78, 5) is 14.2. The molecular formula is C14H20BrN3O. The van der Waals surface area contributed by atoms with E-state index in [9.17, 15) is 4.79 Å². The third-order valence-electron chi connectivity index (χ3n) is 3.39. The zero-order valence-electron chi connectivity index (χ0n) is 11.2. The number of nitrogens with zero attached hydrogens (tertiary/aromatic N) is 1. The van der Waals surface area contributed by atoms with Crippen molar-refractivity contribution in [3.05, 3.63) is 28.7 Å². The standard InChI is InChI=1S/C14H20BrN3O/c1-11-10-16-7-9-18(11)8-6-14(19)17-13-4-2-12(15)3-5-13/h2-5,11,16H,6-10H2,1H3,(H,17,19)/t11-/m1/s1. The number of benzene rings is 1. The first-order valence-electron chi connectivity index (χ1n) is 6.65. The molecule has 0 spiro atoms. The Hall–Kier alpha value is -0.910. The molecule has 0 aliphatic carbocycles. The molecule has 1 aromatic carbocycles. The van der Waals surface area contributed by atoms with E-state index in [1.165, 1.54) is 0 Å². The Labute approximate surface area is 122 Å². The molecule has 1 heterocycles. The summed E-state index contributed by atoms with van der Waals surface area (Å²) in [5, 5.41) is 6.27. The Morgan fingerprint density at radius 3 is 2.89 bits per heavy atom. The maximum atomic E-state index is 11.9. The van der Waals surface area contributed by atoms with Crippen LogP contribution in [0.1, 0.15) is 13.3 Å². The second-order valence-electron chi connectivity index (χ2n) is 4.89. The van der Waals surface area contributed by atoms with Crippen molar-refractivity contribution in [2.75, 3.05) is 31.5 Å². The minimum atomic E-state index is 0.0769. The van der Waals surface area contributed by atoms with Gasteiger partial charge in [0.1, 0.15) is 0 Å². The second-order valence-corrected chi connectivity index (χ2v) is 5.81. The summed E-state index contributed by atoms with van der Waals surface area (Å²) >= 11 is 3.38. The minimum absolute atomic E-state index is 0.0769. The van der Waals surface area contributed by atoms with E-state index >= 15 is 0 Å². The highest BCUT2D eigenvalue weighted by atomic mass is 79.9. The zero-order valence-corrected chi connectivity index (χ0v) is 12.7. The molecule has 1 fully saturated rings. The number of carbonyl (C=O) groups excluding carboxylic acids is 1. The monoisotopic (exact) mass is 325 g/mol. The largest absolute Gasteiger partial charge is 0.326 e. The molecule has 1 amide bonds. The first-order chi connectivity index (χ1) is 9.15. The molecule has 0 unspecified atom stereocenters. The highest BCUT2D eigenvalue weighted by Gasteiger charge is 2.18. The summed E-state index contributed by atoms with van der Waals surface area (Å²) in [5.74, 6) is 0.0769. The van der Waals surface area contributed by atoms with Crippen molar-refractivity contribution >= 4 is 27.5 Å². The van der Waals surface area contributed by atoms with Gasteiger partial charge >= 0.3 is 0 Å². The lowest BCUT2D eigenvalue weighted by molar-refractivity contribution is -0.116. The highest BCUT2D eigenvalue weighted by Crippen LogP contribution is 2.14. The molecule has 104 valence electrons. The fourth-order valence-electron chi connectivity index (χ4n) is 2.22. The molecule has 0 saturated carbocycles. The maximum absolute atomic E-state index is 11.9. The number of piperazine rings is 1. The van der Waals surface area contributed by atoms with Crippen LogP contribution >= 0.6 is 15.9 Å². The van der Waals surface area contributed by atoms with Gasteiger partial charge in [0, 0.05) is 48.8 Å². The third kappa shape index (κ3) is 4.60. The molecule has 0 bridgehead atoms. The van der Waals surface area contributed by atoms with E-state index in [1.54, 1.807) is 0 Å². The SMILES string of the molecule is C[C@@H]1CNCCN1CCC(=O)Nc1ccc(Br)cc1. The van der Waals surface area contributed by atoms with E-state index in [1.807, 2.05) is 24.3 Å². The van der Waals surface area contributed by atoms with Crippen LogP contribution in [0.3, 0.4) is 0 Å². The summed E-state index contributed by atoms with van der Waals surface area (Å²) in [6, 6.07) is 8.15. The minimum Gasteiger partial charge on any atom is -0.326 e. The summed E-state index contributed by atoms with van der Waals surface area (Å²) in [7, 11) is 0. The fraction of sp³-hybridized carbons (Fsp3) is 0.500. The molecule has 4 nitrogen and oxygen atoms in total. The van der Waals surface area contributed by atoms with E-state index in [0.29, 0.717) is 12.5 Å². The number of halogens is 1. The first-order valence-corrected chi connectivity index (χ1v) is 7.44. The van der Waals surface area contributed by atoms with Crippen molar-refractivity contribution in [2.45, 2.75) is 19.4 Å². The van der Waals surface area contributed by atoms with Crippen LogP contribution in [0.5, 0.6) is 0 Å². The lowest BCUT2D eigenvalue weighted by Gasteiger charge is -2.33. The molecule has 0 aromatic heterocycles. The van der Waals surface area contributed by atoms with Crippen molar-refractivity contribution in [3.8, 4) is 0 Å². The molecule has 1 atom stereocenters. The number of hydrogen-bond donors (Lipinski definition) is 2. The van der Waals surface area contributed by atoms with Crippen LogP contribution in [0, 0.1) is 0 Å². The number of nitrogens with one attached hydrogen (secondary N) is 2. The van der Waals surface area contributed by atoms with Crippen LogP contribution < -0.4 is 10.6 Å². The fourth-order valence-corrected chi connectivity index (χ4v) is 2.48. The summed E-state index contributed by atoms with van der Waals surface area (Å²) in [6.45, 7) is 6.06. The lowest BCUT2D eigenvalue weighted by atomic mass is 10.2. The first kappa shape index (κ1) is 14.5. The van der Waals surface area contributed by atoms with Gasteiger partial charge in [0.15, 0.2) is 0 Å². The predicted molar refractivity (Wildman–Crippen MR) is 81.3 cm³/mol. The van der Waals surface area contributed by atoms with Gasteiger partial charge in [-0.05, 0) is 31.2 Å². The van der Waals surface area contributed by atoms with E-state index in [-0.39, 0.29) is 5.91 Å².